The number of amides is 2. The van der Waals surface area contributed by atoms with E-state index in [9.17, 15) is 19.2 Å². The first kappa shape index (κ1) is 15.7. The van der Waals surface area contributed by atoms with Gasteiger partial charge in [0.05, 0.1) is 25.8 Å². The summed E-state index contributed by atoms with van der Waals surface area (Å²) in [7, 11) is 2.21. The Balaban J connectivity index is 2.34. The van der Waals surface area contributed by atoms with Crippen molar-refractivity contribution in [2.75, 3.05) is 19.1 Å². The zero-order chi connectivity index (χ0) is 16.3. The third kappa shape index (κ3) is 2.69. The summed E-state index contributed by atoms with van der Waals surface area (Å²) < 4.78 is 9.10. The van der Waals surface area contributed by atoms with Gasteiger partial charge in [0.15, 0.2) is 5.92 Å². The second-order valence-electron chi connectivity index (χ2n) is 4.74. The summed E-state index contributed by atoms with van der Waals surface area (Å²) in [6.07, 6.45) is -0.247. The lowest BCUT2D eigenvalue weighted by Gasteiger charge is -2.18. The molecule has 116 valence electrons. The molecule has 2 rings (SSSR count). The zero-order valence-electron chi connectivity index (χ0n) is 12.1. The van der Waals surface area contributed by atoms with E-state index >= 15 is 0 Å². The molecule has 0 radical (unpaired) electrons. The zero-order valence-corrected chi connectivity index (χ0v) is 12.1. The summed E-state index contributed by atoms with van der Waals surface area (Å²) in [5.41, 5.74) is 0.397. The van der Waals surface area contributed by atoms with Crippen LogP contribution in [-0.2, 0) is 28.7 Å². The molecule has 0 aliphatic carbocycles. The molecule has 1 aromatic rings. The largest absolute Gasteiger partial charge is 0.468 e. The molecule has 0 spiro atoms. The SMILES string of the molecule is COC(=O)C(C(=O)OC)C1CC(=O)N(c2ccccc2)C1=O. The van der Waals surface area contributed by atoms with Gasteiger partial charge in [-0.25, -0.2) is 0 Å². The molecule has 1 unspecified atom stereocenters. The second kappa shape index (κ2) is 6.38. The molecule has 0 N–H and O–H groups in total. The first-order valence-corrected chi connectivity index (χ1v) is 6.58. The number of carbonyl (C=O) groups excluding carboxylic acids is 4. The molecule has 0 saturated carbocycles. The van der Waals surface area contributed by atoms with E-state index in [-0.39, 0.29) is 6.42 Å². The highest BCUT2D eigenvalue weighted by Crippen LogP contribution is 2.32. The molecule has 1 fully saturated rings. The molecular weight excluding hydrogens is 290 g/mol. The van der Waals surface area contributed by atoms with Crippen LogP contribution in [0.3, 0.4) is 0 Å². The van der Waals surface area contributed by atoms with Gasteiger partial charge >= 0.3 is 11.9 Å². The van der Waals surface area contributed by atoms with Gasteiger partial charge in [0.1, 0.15) is 0 Å². The van der Waals surface area contributed by atoms with Gasteiger partial charge in [0.25, 0.3) is 0 Å². The molecule has 1 aliphatic heterocycles. The van der Waals surface area contributed by atoms with Crippen LogP contribution in [0.1, 0.15) is 6.42 Å². The number of ether oxygens (including phenoxy) is 2. The number of carbonyl (C=O) groups is 4. The standard InChI is InChI=1S/C15H15NO6/c1-21-14(19)12(15(20)22-2)10-8-11(17)16(13(10)18)9-6-4-3-5-7-9/h3-7,10,12H,8H2,1-2H3. The molecule has 1 atom stereocenters. The Labute approximate surface area is 126 Å². The van der Waals surface area contributed by atoms with E-state index in [1.807, 2.05) is 0 Å². The Morgan fingerprint density at radius 2 is 1.64 bits per heavy atom. The van der Waals surface area contributed by atoms with Crippen LogP contribution in [0.2, 0.25) is 0 Å². The molecule has 7 heteroatoms. The van der Waals surface area contributed by atoms with Crippen LogP contribution < -0.4 is 4.90 Å². The fraction of sp³-hybridized carbons (Fsp3) is 0.333. The molecule has 1 saturated heterocycles. The molecule has 1 aliphatic rings. The van der Waals surface area contributed by atoms with Gasteiger partial charge in [-0.15, -0.1) is 0 Å². The number of rotatable bonds is 4. The summed E-state index contributed by atoms with van der Waals surface area (Å²) in [5.74, 6) is -5.44. The van der Waals surface area contributed by atoms with Gasteiger partial charge in [0, 0.05) is 6.42 Å². The number of anilines is 1. The fourth-order valence-electron chi connectivity index (χ4n) is 2.44. The second-order valence-corrected chi connectivity index (χ2v) is 4.74. The van der Waals surface area contributed by atoms with E-state index in [4.69, 9.17) is 0 Å². The Hall–Kier alpha value is -2.70. The minimum atomic E-state index is -1.44. The Morgan fingerprint density at radius 1 is 1.09 bits per heavy atom. The van der Waals surface area contributed by atoms with Crippen molar-refractivity contribution in [1.29, 1.82) is 0 Å². The van der Waals surface area contributed by atoms with E-state index in [1.54, 1.807) is 30.3 Å². The first-order valence-electron chi connectivity index (χ1n) is 6.58. The van der Waals surface area contributed by atoms with Crippen molar-refractivity contribution >= 4 is 29.4 Å². The molecule has 22 heavy (non-hydrogen) atoms. The van der Waals surface area contributed by atoms with Crippen molar-refractivity contribution in [3.8, 4) is 0 Å². The van der Waals surface area contributed by atoms with Gasteiger partial charge < -0.3 is 9.47 Å². The first-order chi connectivity index (χ1) is 10.5. The van der Waals surface area contributed by atoms with Crippen molar-refractivity contribution in [3.05, 3.63) is 30.3 Å². The van der Waals surface area contributed by atoms with Crippen molar-refractivity contribution < 1.29 is 28.7 Å². The van der Waals surface area contributed by atoms with E-state index in [1.165, 1.54) is 0 Å². The topological polar surface area (TPSA) is 90.0 Å². The number of imide groups is 1. The number of benzene rings is 1. The lowest BCUT2D eigenvalue weighted by molar-refractivity contribution is -0.163. The predicted octanol–water partition coefficient (Wildman–Crippen LogP) is 0.528. The van der Waals surface area contributed by atoms with Crippen LogP contribution in [0, 0.1) is 11.8 Å². The maximum Gasteiger partial charge on any atom is 0.320 e. The van der Waals surface area contributed by atoms with Crippen LogP contribution >= 0.6 is 0 Å². The van der Waals surface area contributed by atoms with Gasteiger partial charge in [-0.05, 0) is 12.1 Å². The van der Waals surface area contributed by atoms with Crippen molar-refractivity contribution in [2.24, 2.45) is 11.8 Å². The molecule has 1 heterocycles. The van der Waals surface area contributed by atoms with Crippen LogP contribution in [0.25, 0.3) is 0 Å². The number of hydrogen-bond donors (Lipinski definition) is 0. The maximum atomic E-state index is 12.5. The normalized spacial score (nSPS) is 17.8. The molecular formula is C15H15NO6. The summed E-state index contributed by atoms with van der Waals surface area (Å²) in [6, 6.07) is 8.31. The van der Waals surface area contributed by atoms with E-state index in [2.05, 4.69) is 9.47 Å². The molecule has 7 nitrogen and oxygen atoms in total. The molecule has 2 amide bonds. The van der Waals surface area contributed by atoms with Crippen molar-refractivity contribution in [2.45, 2.75) is 6.42 Å². The average molecular weight is 305 g/mol. The van der Waals surface area contributed by atoms with Crippen LogP contribution in [0.4, 0.5) is 5.69 Å². The minimum Gasteiger partial charge on any atom is -0.468 e. The maximum absolute atomic E-state index is 12.5. The Bertz CT molecular complexity index is 596. The highest BCUT2D eigenvalue weighted by molar-refractivity contribution is 6.22. The summed E-state index contributed by atoms with van der Waals surface area (Å²) in [4.78, 5) is 49.2. The third-order valence-electron chi connectivity index (χ3n) is 3.51. The lowest BCUT2D eigenvalue weighted by Crippen LogP contribution is -2.38. The third-order valence-corrected chi connectivity index (χ3v) is 3.51. The highest BCUT2D eigenvalue weighted by atomic mass is 16.5. The van der Waals surface area contributed by atoms with E-state index in [0.29, 0.717) is 5.69 Å². The fourth-order valence-corrected chi connectivity index (χ4v) is 2.44. The quantitative estimate of drug-likeness (QED) is 0.458. The van der Waals surface area contributed by atoms with Gasteiger partial charge in [-0.3, -0.25) is 24.1 Å². The minimum absolute atomic E-state index is 0.247. The van der Waals surface area contributed by atoms with E-state index < -0.39 is 35.6 Å². The molecule has 1 aromatic carbocycles. The smallest absolute Gasteiger partial charge is 0.320 e. The number of hydrogen-bond acceptors (Lipinski definition) is 6. The number of esters is 2. The Morgan fingerprint density at radius 3 is 2.14 bits per heavy atom. The van der Waals surface area contributed by atoms with Gasteiger partial charge in [-0.1, -0.05) is 18.2 Å². The van der Waals surface area contributed by atoms with Crippen molar-refractivity contribution in [3.63, 3.8) is 0 Å². The monoisotopic (exact) mass is 305 g/mol. The summed E-state index contributed by atoms with van der Waals surface area (Å²) >= 11 is 0. The van der Waals surface area contributed by atoms with Crippen LogP contribution in [0.15, 0.2) is 30.3 Å². The Kier molecular flexibility index (Phi) is 4.55. The lowest BCUT2D eigenvalue weighted by atomic mass is 9.91. The summed E-state index contributed by atoms with van der Waals surface area (Å²) in [6.45, 7) is 0. The van der Waals surface area contributed by atoms with Crippen LogP contribution in [0.5, 0.6) is 0 Å². The number of nitrogens with zero attached hydrogens (tertiary/aromatic N) is 1. The van der Waals surface area contributed by atoms with Crippen LogP contribution in [-0.4, -0.2) is 38.0 Å². The van der Waals surface area contributed by atoms with Gasteiger partial charge in [-0.2, -0.15) is 0 Å². The average Bonchev–Trinajstić information content (AvgIpc) is 2.82. The summed E-state index contributed by atoms with van der Waals surface area (Å²) in [5, 5.41) is 0. The molecule has 0 aromatic heterocycles. The number of para-hydroxylation sites is 1. The van der Waals surface area contributed by atoms with Gasteiger partial charge in [0.2, 0.25) is 11.8 Å². The number of methoxy groups -OCH3 is 2. The predicted molar refractivity (Wildman–Crippen MR) is 74.6 cm³/mol. The van der Waals surface area contributed by atoms with E-state index in [0.717, 1.165) is 19.1 Å². The molecule has 0 bridgehead atoms. The van der Waals surface area contributed by atoms with Crippen molar-refractivity contribution in [1.82, 2.24) is 0 Å². The highest BCUT2D eigenvalue weighted by Gasteiger charge is 2.50.